The standard InChI is InChI=1S/C9H12Cl2O2/c10-9(11)7-4-2-1-3-6(7)5-8(12)13/h6H,1-5H2,(H,12,13). The van der Waals surface area contributed by atoms with Crippen LogP contribution in [0.15, 0.2) is 10.1 Å². The third kappa shape index (κ3) is 3.20. The third-order valence-electron chi connectivity index (χ3n) is 2.41. The van der Waals surface area contributed by atoms with Crippen LogP contribution in [0.4, 0.5) is 0 Å². The first kappa shape index (κ1) is 10.9. The minimum atomic E-state index is -0.779. The Kier molecular flexibility index (Phi) is 4.07. The normalized spacial score (nSPS) is 22.9. The molecule has 0 spiro atoms. The zero-order valence-corrected chi connectivity index (χ0v) is 8.74. The fourth-order valence-corrected chi connectivity index (χ4v) is 2.27. The molecule has 0 heterocycles. The van der Waals surface area contributed by atoms with Gasteiger partial charge in [0, 0.05) is 0 Å². The van der Waals surface area contributed by atoms with Crippen molar-refractivity contribution in [1.29, 1.82) is 0 Å². The Hall–Kier alpha value is -0.210. The van der Waals surface area contributed by atoms with Gasteiger partial charge in [0.25, 0.3) is 0 Å². The molecule has 1 atom stereocenters. The largest absolute Gasteiger partial charge is 0.481 e. The van der Waals surface area contributed by atoms with Gasteiger partial charge in [-0.1, -0.05) is 29.6 Å². The van der Waals surface area contributed by atoms with E-state index >= 15 is 0 Å². The highest BCUT2D eigenvalue weighted by Crippen LogP contribution is 2.36. The van der Waals surface area contributed by atoms with Crippen molar-refractivity contribution < 1.29 is 9.90 Å². The maximum absolute atomic E-state index is 10.5. The number of carboxylic acids is 1. The van der Waals surface area contributed by atoms with Crippen LogP contribution in [0.2, 0.25) is 0 Å². The Morgan fingerprint density at radius 3 is 2.69 bits per heavy atom. The fraction of sp³-hybridized carbons (Fsp3) is 0.667. The van der Waals surface area contributed by atoms with Crippen molar-refractivity contribution in [3.63, 3.8) is 0 Å². The van der Waals surface area contributed by atoms with E-state index in [1.165, 1.54) is 0 Å². The molecular weight excluding hydrogens is 211 g/mol. The molecule has 1 N–H and O–H groups in total. The van der Waals surface area contributed by atoms with Gasteiger partial charge in [0.1, 0.15) is 4.49 Å². The van der Waals surface area contributed by atoms with Crippen molar-refractivity contribution >= 4 is 29.2 Å². The summed E-state index contributed by atoms with van der Waals surface area (Å²) in [5.41, 5.74) is 0.928. The van der Waals surface area contributed by atoms with E-state index in [-0.39, 0.29) is 16.8 Å². The molecule has 0 saturated heterocycles. The Morgan fingerprint density at radius 2 is 2.15 bits per heavy atom. The van der Waals surface area contributed by atoms with Gasteiger partial charge in [0.05, 0.1) is 6.42 Å². The summed E-state index contributed by atoms with van der Waals surface area (Å²) in [6, 6.07) is 0. The first-order chi connectivity index (χ1) is 6.11. The van der Waals surface area contributed by atoms with Crippen LogP contribution in [0.3, 0.4) is 0 Å². The van der Waals surface area contributed by atoms with Gasteiger partial charge in [-0.05, 0) is 30.8 Å². The van der Waals surface area contributed by atoms with Crippen LogP contribution >= 0.6 is 23.2 Å². The second-order valence-electron chi connectivity index (χ2n) is 3.33. The van der Waals surface area contributed by atoms with E-state index in [4.69, 9.17) is 28.3 Å². The van der Waals surface area contributed by atoms with E-state index in [1.807, 2.05) is 0 Å². The van der Waals surface area contributed by atoms with Crippen molar-refractivity contribution in [3.8, 4) is 0 Å². The predicted octanol–water partition coefficient (Wildman–Crippen LogP) is 3.34. The lowest BCUT2D eigenvalue weighted by molar-refractivity contribution is -0.137. The van der Waals surface area contributed by atoms with Gasteiger partial charge in [-0.2, -0.15) is 0 Å². The number of allylic oxidation sites excluding steroid dienone is 1. The van der Waals surface area contributed by atoms with E-state index < -0.39 is 5.97 Å². The van der Waals surface area contributed by atoms with Gasteiger partial charge in [-0.25, -0.2) is 0 Å². The summed E-state index contributed by atoms with van der Waals surface area (Å²) in [6.45, 7) is 0. The minimum absolute atomic E-state index is 0.0521. The zero-order chi connectivity index (χ0) is 9.84. The molecule has 1 unspecified atom stereocenters. The molecule has 0 bridgehead atoms. The molecule has 13 heavy (non-hydrogen) atoms. The molecular formula is C9H12Cl2O2. The summed E-state index contributed by atoms with van der Waals surface area (Å²) < 4.78 is 0.269. The van der Waals surface area contributed by atoms with Gasteiger partial charge < -0.3 is 5.11 Å². The van der Waals surface area contributed by atoms with Gasteiger partial charge >= 0.3 is 5.97 Å². The van der Waals surface area contributed by atoms with Gasteiger partial charge in [-0.15, -0.1) is 0 Å². The first-order valence-corrected chi connectivity index (χ1v) is 5.12. The molecule has 0 radical (unpaired) electrons. The minimum Gasteiger partial charge on any atom is -0.481 e. The molecule has 1 rings (SSSR count). The molecule has 1 saturated carbocycles. The quantitative estimate of drug-likeness (QED) is 0.779. The highest BCUT2D eigenvalue weighted by atomic mass is 35.5. The molecule has 74 valence electrons. The Morgan fingerprint density at radius 1 is 1.46 bits per heavy atom. The smallest absolute Gasteiger partial charge is 0.303 e. The summed E-state index contributed by atoms with van der Waals surface area (Å²) >= 11 is 11.4. The zero-order valence-electron chi connectivity index (χ0n) is 7.22. The average Bonchev–Trinajstić information content (AvgIpc) is 2.03. The summed E-state index contributed by atoms with van der Waals surface area (Å²) in [5, 5.41) is 8.66. The van der Waals surface area contributed by atoms with Crippen molar-refractivity contribution in [2.45, 2.75) is 32.1 Å². The number of rotatable bonds is 2. The SMILES string of the molecule is O=C(O)CC1CCCCC1=C(Cl)Cl. The topological polar surface area (TPSA) is 37.3 Å². The van der Waals surface area contributed by atoms with E-state index in [0.29, 0.717) is 0 Å². The van der Waals surface area contributed by atoms with Crippen LogP contribution < -0.4 is 0 Å². The summed E-state index contributed by atoms with van der Waals surface area (Å²) in [4.78, 5) is 10.5. The van der Waals surface area contributed by atoms with Gasteiger partial charge in [0.2, 0.25) is 0 Å². The number of carbonyl (C=O) groups is 1. The van der Waals surface area contributed by atoms with E-state index in [0.717, 1.165) is 31.3 Å². The van der Waals surface area contributed by atoms with E-state index in [1.54, 1.807) is 0 Å². The molecule has 0 aliphatic heterocycles. The maximum atomic E-state index is 10.5. The lowest BCUT2D eigenvalue weighted by Gasteiger charge is -2.23. The van der Waals surface area contributed by atoms with Gasteiger partial charge in [0.15, 0.2) is 0 Å². The lowest BCUT2D eigenvalue weighted by Crippen LogP contribution is -2.14. The molecule has 1 fully saturated rings. The Balaban J connectivity index is 2.68. The molecule has 0 amide bonds. The molecule has 1 aliphatic rings. The number of aliphatic carboxylic acids is 1. The lowest BCUT2D eigenvalue weighted by atomic mass is 9.83. The molecule has 4 heteroatoms. The molecule has 0 aromatic rings. The fourth-order valence-electron chi connectivity index (χ4n) is 1.77. The van der Waals surface area contributed by atoms with E-state index in [9.17, 15) is 4.79 Å². The highest BCUT2D eigenvalue weighted by molar-refractivity contribution is 6.56. The molecule has 0 aromatic carbocycles. The second-order valence-corrected chi connectivity index (χ2v) is 4.28. The highest BCUT2D eigenvalue weighted by Gasteiger charge is 2.23. The van der Waals surface area contributed by atoms with Crippen LogP contribution in [0, 0.1) is 5.92 Å². The molecule has 2 nitrogen and oxygen atoms in total. The number of halogens is 2. The average molecular weight is 223 g/mol. The maximum Gasteiger partial charge on any atom is 0.303 e. The van der Waals surface area contributed by atoms with Crippen LogP contribution in [0.25, 0.3) is 0 Å². The second kappa shape index (κ2) is 4.87. The molecule has 0 aromatic heterocycles. The van der Waals surface area contributed by atoms with Crippen molar-refractivity contribution in [2.75, 3.05) is 0 Å². The van der Waals surface area contributed by atoms with Crippen molar-refractivity contribution in [2.24, 2.45) is 5.92 Å². The predicted molar refractivity (Wildman–Crippen MR) is 52.9 cm³/mol. The van der Waals surface area contributed by atoms with Crippen LogP contribution in [0.5, 0.6) is 0 Å². The Bertz CT molecular complexity index is 232. The number of hydrogen-bond donors (Lipinski definition) is 1. The first-order valence-electron chi connectivity index (χ1n) is 4.37. The summed E-state index contributed by atoms with van der Waals surface area (Å²) in [7, 11) is 0. The van der Waals surface area contributed by atoms with E-state index in [2.05, 4.69) is 0 Å². The van der Waals surface area contributed by atoms with Gasteiger partial charge in [-0.3, -0.25) is 4.79 Å². The van der Waals surface area contributed by atoms with Crippen LogP contribution in [0.1, 0.15) is 32.1 Å². The third-order valence-corrected chi connectivity index (χ3v) is 2.89. The summed E-state index contributed by atoms with van der Waals surface area (Å²) in [5.74, 6) is -0.727. The number of hydrogen-bond acceptors (Lipinski definition) is 1. The number of carboxylic acid groups (broad SMARTS) is 1. The van der Waals surface area contributed by atoms with Crippen molar-refractivity contribution in [3.05, 3.63) is 10.1 Å². The molecule has 1 aliphatic carbocycles. The van der Waals surface area contributed by atoms with Crippen LogP contribution in [-0.2, 0) is 4.79 Å². The van der Waals surface area contributed by atoms with Crippen molar-refractivity contribution in [1.82, 2.24) is 0 Å². The Labute approximate surface area is 87.5 Å². The van der Waals surface area contributed by atoms with Crippen LogP contribution in [-0.4, -0.2) is 11.1 Å². The monoisotopic (exact) mass is 222 g/mol. The summed E-state index contributed by atoms with van der Waals surface area (Å²) in [6.07, 6.45) is 4.03.